The normalized spacial score (nSPS) is 12.8. The molecule has 0 aliphatic carbocycles. The largest absolute Gasteiger partial charge is 0.369 e. The molecule has 0 heterocycles. The Bertz CT molecular complexity index is 347. The molecule has 1 unspecified atom stereocenters. The minimum absolute atomic E-state index is 0.525. The first-order valence-corrected chi connectivity index (χ1v) is 7.18. The second-order valence-corrected chi connectivity index (χ2v) is 5.21. The second-order valence-electron chi connectivity index (χ2n) is 5.21. The number of nitrogens with zero attached hydrogens (tertiary/aromatic N) is 1. The van der Waals surface area contributed by atoms with Gasteiger partial charge >= 0.3 is 0 Å². The predicted molar refractivity (Wildman–Crippen MR) is 81.2 cm³/mol. The predicted octanol–water partition coefficient (Wildman–Crippen LogP) is 3.81. The average molecular weight is 248 g/mol. The van der Waals surface area contributed by atoms with E-state index in [1.165, 1.54) is 17.7 Å². The molecular formula is C16H28N2. The molecule has 0 saturated carbocycles. The van der Waals surface area contributed by atoms with Crippen LogP contribution in [0.15, 0.2) is 24.3 Å². The molecule has 1 aromatic carbocycles. The summed E-state index contributed by atoms with van der Waals surface area (Å²) in [6.45, 7) is 13.2. The van der Waals surface area contributed by atoms with Crippen molar-refractivity contribution in [1.82, 2.24) is 5.32 Å². The van der Waals surface area contributed by atoms with Gasteiger partial charge in [0.2, 0.25) is 0 Å². The lowest BCUT2D eigenvalue weighted by Crippen LogP contribution is -2.34. The maximum absolute atomic E-state index is 3.51. The molecule has 102 valence electrons. The minimum atomic E-state index is 0.525. The Morgan fingerprint density at radius 1 is 1.11 bits per heavy atom. The second kappa shape index (κ2) is 7.42. The van der Waals surface area contributed by atoms with Crippen molar-refractivity contribution in [2.45, 2.75) is 59.7 Å². The molecule has 0 aliphatic heterocycles. The van der Waals surface area contributed by atoms with Gasteiger partial charge in [-0.3, -0.25) is 0 Å². The number of hydrogen-bond donors (Lipinski definition) is 1. The first-order valence-electron chi connectivity index (χ1n) is 7.18. The summed E-state index contributed by atoms with van der Waals surface area (Å²) in [5, 5.41) is 3.51. The Morgan fingerprint density at radius 2 is 1.78 bits per heavy atom. The van der Waals surface area contributed by atoms with E-state index in [0.717, 1.165) is 13.1 Å². The first-order chi connectivity index (χ1) is 8.60. The molecule has 0 aliphatic rings. The molecule has 1 rings (SSSR count). The van der Waals surface area contributed by atoms with Gasteiger partial charge in [-0.05, 0) is 31.9 Å². The standard InChI is InChI=1S/C16H28N2/c1-6-14(5)18(7-2)16-11-9-8-10-15(16)12-17-13(3)4/h8-11,13-14,17H,6-7,12H2,1-5H3. The molecule has 18 heavy (non-hydrogen) atoms. The topological polar surface area (TPSA) is 15.3 Å². The fraction of sp³-hybridized carbons (Fsp3) is 0.625. The van der Waals surface area contributed by atoms with Crippen molar-refractivity contribution >= 4 is 5.69 Å². The van der Waals surface area contributed by atoms with Crippen LogP contribution in [-0.2, 0) is 6.54 Å². The van der Waals surface area contributed by atoms with E-state index in [-0.39, 0.29) is 0 Å². The van der Waals surface area contributed by atoms with Crippen LogP contribution in [0.1, 0.15) is 46.6 Å². The Hall–Kier alpha value is -1.02. The maximum atomic E-state index is 3.51. The summed E-state index contributed by atoms with van der Waals surface area (Å²) in [5.74, 6) is 0. The van der Waals surface area contributed by atoms with Crippen molar-refractivity contribution in [3.63, 3.8) is 0 Å². The molecule has 0 radical (unpaired) electrons. The molecule has 0 bridgehead atoms. The van der Waals surface area contributed by atoms with Crippen molar-refractivity contribution in [2.24, 2.45) is 0 Å². The highest BCUT2D eigenvalue weighted by Crippen LogP contribution is 2.23. The van der Waals surface area contributed by atoms with E-state index in [4.69, 9.17) is 0 Å². The van der Waals surface area contributed by atoms with Crippen LogP contribution in [-0.4, -0.2) is 18.6 Å². The van der Waals surface area contributed by atoms with Crippen LogP contribution < -0.4 is 10.2 Å². The van der Waals surface area contributed by atoms with E-state index in [2.05, 4.69) is 69.1 Å². The molecule has 0 spiro atoms. The molecule has 0 aromatic heterocycles. The lowest BCUT2D eigenvalue weighted by molar-refractivity contribution is 0.582. The molecule has 1 N–H and O–H groups in total. The zero-order valence-corrected chi connectivity index (χ0v) is 12.5. The van der Waals surface area contributed by atoms with Gasteiger partial charge < -0.3 is 10.2 Å². The lowest BCUT2D eigenvalue weighted by atomic mass is 10.1. The van der Waals surface area contributed by atoms with Crippen molar-refractivity contribution in [1.29, 1.82) is 0 Å². The highest BCUT2D eigenvalue weighted by atomic mass is 15.2. The van der Waals surface area contributed by atoms with Gasteiger partial charge in [0, 0.05) is 30.9 Å². The van der Waals surface area contributed by atoms with E-state index in [0.29, 0.717) is 12.1 Å². The number of hydrogen-bond acceptors (Lipinski definition) is 2. The fourth-order valence-electron chi connectivity index (χ4n) is 2.19. The third-order valence-electron chi connectivity index (χ3n) is 3.47. The number of anilines is 1. The minimum Gasteiger partial charge on any atom is -0.369 e. The van der Waals surface area contributed by atoms with Crippen molar-refractivity contribution in [2.75, 3.05) is 11.4 Å². The third kappa shape index (κ3) is 4.02. The van der Waals surface area contributed by atoms with Crippen LogP contribution in [0, 0.1) is 0 Å². The summed E-state index contributed by atoms with van der Waals surface area (Å²) in [6.07, 6.45) is 1.18. The van der Waals surface area contributed by atoms with Crippen LogP contribution in [0.3, 0.4) is 0 Å². The van der Waals surface area contributed by atoms with Crippen molar-refractivity contribution in [3.8, 4) is 0 Å². The average Bonchev–Trinajstić information content (AvgIpc) is 2.38. The van der Waals surface area contributed by atoms with Gasteiger partial charge in [-0.25, -0.2) is 0 Å². The summed E-state index contributed by atoms with van der Waals surface area (Å²) >= 11 is 0. The van der Waals surface area contributed by atoms with Crippen LogP contribution in [0.5, 0.6) is 0 Å². The van der Waals surface area contributed by atoms with Crippen LogP contribution in [0.25, 0.3) is 0 Å². The quantitative estimate of drug-likeness (QED) is 0.789. The number of nitrogens with one attached hydrogen (secondary N) is 1. The number of benzene rings is 1. The van der Waals surface area contributed by atoms with Crippen LogP contribution in [0.4, 0.5) is 5.69 Å². The summed E-state index contributed by atoms with van der Waals surface area (Å²) < 4.78 is 0. The number of para-hydroxylation sites is 1. The molecule has 0 saturated heterocycles. The Labute approximate surface area is 112 Å². The zero-order valence-electron chi connectivity index (χ0n) is 12.5. The molecule has 1 aromatic rings. The first kappa shape index (κ1) is 15.0. The fourth-order valence-corrected chi connectivity index (χ4v) is 2.19. The summed E-state index contributed by atoms with van der Waals surface area (Å²) in [7, 11) is 0. The van der Waals surface area contributed by atoms with Gasteiger partial charge in [-0.15, -0.1) is 0 Å². The van der Waals surface area contributed by atoms with Gasteiger partial charge in [0.1, 0.15) is 0 Å². The van der Waals surface area contributed by atoms with Gasteiger partial charge in [0.15, 0.2) is 0 Å². The summed E-state index contributed by atoms with van der Waals surface area (Å²) in [4.78, 5) is 2.50. The Balaban J connectivity index is 2.91. The monoisotopic (exact) mass is 248 g/mol. The van der Waals surface area contributed by atoms with Crippen molar-refractivity contribution in [3.05, 3.63) is 29.8 Å². The summed E-state index contributed by atoms with van der Waals surface area (Å²) in [6, 6.07) is 9.86. The smallest absolute Gasteiger partial charge is 0.0414 e. The van der Waals surface area contributed by atoms with Gasteiger partial charge in [-0.2, -0.15) is 0 Å². The van der Waals surface area contributed by atoms with Gasteiger partial charge in [0.05, 0.1) is 0 Å². The number of rotatable bonds is 7. The molecule has 0 amide bonds. The van der Waals surface area contributed by atoms with E-state index >= 15 is 0 Å². The van der Waals surface area contributed by atoms with Gasteiger partial charge in [0.25, 0.3) is 0 Å². The maximum Gasteiger partial charge on any atom is 0.0414 e. The highest BCUT2D eigenvalue weighted by molar-refractivity contribution is 5.54. The summed E-state index contributed by atoms with van der Waals surface area (Å²) in [5.41, 5.74) is 2.77. The lowest BCUT2D eigenvalue weighted by Gasteiger charge is -2.31. The zero-order chi connectivity index (χ0) is 13.5. The SMILES string of the molecule is CCC(C)N(CC)c1ccccc1CNC(C)C. The van der Waals surface area contributed by atoms with E-state index in [1.54, 1.807) is 0 Å². The van der Waals surface area contributed by atoms with Gasteiger partial charge in [-0.1, -0.05) is 39.0 Å². The third-order valence-corrected chi connectivity index (χ3v) is 3.47. The van der Waals surface area contributed by atoms with E-state index in [1.807, 2.05) is 0 Å². The van der Waals surface area contributed by atoms with Crippen LogP contribution in [0.2, 0.25) is 0 Å². The van der Waals surface area contributed by atoms with E-state index in [9.17, 15) is 0 Å². The Morgan fingerprint density at radius 3 is 2.33 bits per heavy atom. The molecule has 0 fully saturated rings. The van der Waals surface area contributed by atoms with Crippen molar-refractivity contribution < 1.29 is 0 Å². The highest BCUT2D eigenvalue weighted by Gasteiger charge is 2.14. The molecule has 1 atom stereocenters. The molecule has 2 heteroatoms. The molecular weight excluding hydrogens is 220 g/mol. The van der Waals surface area contributed by atoms with Crippen LogP contribution >= 0.6 is 0 Å². The Kier molecular flexibility index (Phi) is 6.20. The molecule has 2 nitrogen and oxygen atoms in total. The van der Waals surface area contributed by atoms with E-state index < -0.39 is 0 Å².